The van der Waals surface area contributed by atoms with Crippen molar-refractivity contribution in [2.75, 3.05) is 13.1 Å². The zero-order valence-electron chi connectivity index (χ0n) is 8.74. The molecule has 86 valence electrons. The summed E-state index contributed by atoms with van der Waals surface area (Å²) in [5.74, 6) is -0.196. The minimum Gasteiger partial charge on any atom is -0.347 e. The van der Waals surface area contributed by atoms with Gasteiger partial charge in [0.05, 0.1) is 12.4 Å². The highest BCUT2D eigenvalue weighted by Crippen LogP contribution is 2.04. The lowest BCUT2D eigenvalue weighted by Gasteiger charge is -2.23. The maximum atomic E-state index is 11.7. The third-order valence-corrected chi connectivity index (χ3v) is 2.68. The van der Waals surface area contributed by atoms with Crippen LogP contribution in [0.2, 0.25) is 5.15 Å². The largest absolute Gasteiger partial charge is 0.347 e. The van der Waals surface area contributed by atoms with Crippen LogP contribution in [0.25, 0.3) is 0 Å². The van der Waals surface area contributed by atoms with Crippen LogP contribution in [-0.2, 0) is 0 Å². The van der Waals surface area contributed by atoms with Crippen LogP contribution in [0.15, 0.2) is 12.4 Å². The third-order valence-electron chi connectivity index (χ3n) is 2.49. The molecule has 1 fully saturated rings. The maximum absolute atomic E-state index is 11.7. The summed E-state index contributed by atoms with van der Waals surface area (Å²) in [5.41, 5.74) is 0.301. The molecule has 0 saturated carbocycles. The van der Waals surface area contributed by atoms with E-state index in [1.54, 1.807) is 0 Å². The Morgan fingerprint density at radius 1 is 1.50 bits per heavy atom. The van der Waals surface area contributed by atoms with Crippen molar-refractivity contribution in [1.29, 1.82) is 0 Å². The van der Waals surface area contributed by atoms with E-state index in [4.69, 9.17) is 11.6 Å². The number of amides is 1. The molecule has 1 amide bonds. The fraction of sp³-hybridized carbons (Fsp3) is 0.500. The first-order valence-corrected chi connectivity index (χ1v) is 5.62. The normalized spacial score (nSPS) is 20.4. The van der Waals surface area contributed by atoms with Crippen molar-refractivity contribution in [3.63, 3.8) is 0 Å². The Bertz CT molecular complexity index is 362. The molecule has 5 nitrogen and oxygen atoms in total. The van der Waals surface area contributed by atoms with Crippen molar-refractivity contribution in [2.24, 2.45) is 0 Å². The summed E-state index contributed by atoms with van der Waals surface area (Å²) >= 11 is 5.59. The Morgan fingerprint density at radius 3 is 3.00 bits per heavy atom. The molecule has 1 aliphatic rings. The van der Waals surface area contributed by atoms with Crippen LogP contribution in [0.1, 0.15) is 23.3 Å². The van der Waals surface area contributed by atoms with Gasteiger partial charge in [-0.2, -0.15) is 0 Å². The average Bonchev–Trinajstić information content (AvgIpc) is 2.31. The molecule has 1 aromatic heterocycles. The lowest BCUT2D eigenvalue weighted by molar-refractivity contribution is 0.0925. The number of carbonyl (C=O) groups excluding carboxylic acids is 1. The molecule has 0 aliphatic carbocycles. The molecule has 0 aromatic carbocycles. The summed E-state index contributed by atoms with van der Waals surface area (Å²) < 4.78 is 0. The maximum Gasteiger partial charge on any atom is 0.271 e. The summed E-state index contributed by atoms with van der Waals surface area (Å²) in [6, 6.07) is 0.179. The quantitative estimate of drug-likeness (QED) is 0.795. The van der Waals surface area contributed by atoms with Gasteiger partial charge in [0.2, 0.25) is 0 Å². The van der Waals surface area contributed by atoms with E-state index in [9.17, 15) is 4.79 Å². The van der Waals surface area contributed by atoms with Gasteiger partial charge < -0.3 is 10.6 Å². The highest BCUT2D eigenvalue weighted by molar-refractivity contribution is 6.29. The van der Waals surface area contributed by atoms with Gasteiger partial charge in [-0.1, -0.05) is 11.6 Å². The van der Waals surface area contributed by atoms with Gasteiger partial charge in [0.15, 0.2) is 0 Å². The summed E-state index contributed by atoms with van der Waals surface area (Å²) in [6.45, 7) is 1.83. The number of nitrogens with zero attached hydrogens (tertiary/aromatic N) is 2. The van der Waals surface area contributed by atoms with E-state index >= 15 is 0 Å². The van der Waals surface area contributed by atoms with E-state index in [-0.39, 0.29) is 17.1 Å². The lowest BCUT2D eigenvalue weighted by atomic mass is 10.1. The Hall–Kier alpha value is -1.20. The smallest absolute Gasteiger partial charge is 0.271 e. The predicted octanol–water partition coefficient (Wildman–Crippen LogP) is 0.612. The molecule has 0 radical (unpaired) electrons. The van der Waals surface area contributed by atoms with E-state index in [1.807, 2.05) is 0 Å². The molecule has 0 spiro atoms. The Kier molecular flexibility index (Phi) is 3.69. The SMILES string of the molecule is O=C(NC1CCCNC1)c1cnc(Cl)cn1. The fourth-order valence-electron chi connectivity index (χ4n) is 1.66. The van der Waals surface area contributed by atoms with E-state index in [0.717, 1.165) is 25.9 Å². The number of hydrogen-bond acceptors (Lipinski definition) is 4. The zero-order chi connectivity index (χ0) is 11.4. The van der Waals surface area contributed by atoms with E-state index < -0.39 is 0 Å². The second-order valence-electron chi connectivity index (χ2n) is 3.74. The van der Waals surface area contributed by atoms with Gasteiger partial charge in [0, 0.05) is 12.6 Å². The van der Waals surface area contributed by atoms with E-state index in [2.05, 4.69) is 20.6 Å². The number of aromatic nitrogens is 2. The van der Waals surface area contributed by atoms with Gasteiger partial charge in [-0.15, -0.1) is 0 Å². The predicted molar refractivity (Wildman–Crippen MR) is 60.4 cm³/mol. The summed E-state index contributed by atoms with van der Waals surface area (Å²) in [4.78, 5) is 19.5. The van der Waals surface area contributed by atoms with Gasteiger partial charge in [0.1, 0.15) is 10.8 Å². The summed E-state index contributed by atoms with van der Waals surface area (Å²) in [7, 11) is 0. The molecule has 2 rings (SSSR count). The molecule has 1 aliphatic heterocycles. The molecule has 2 heterocycles. The molecule has 6 heteroatoms. The van der Waals surface area contributed by atoms with Crippen LogP contribution < -0.4 is 10.6 Å². The van der Waals surface area contributed by atoms with Crippen LogP contribution in [-0.4, -0.2) is 35.0 Å². The first-order chi connectivity index (χ1) is 7.75. The first kappa shape index (κ1) is 11.3. The summed E-state index contributed by atoms with van der Waals surface area (Å²) in [6.07, 6.45) is 4.83. The van der Waals surface area contributed by atoms with Crippen molar-refractivity contribution in [3.05, 3.63) is 23.2 Å². The van der Waals surface area contributed by atoms with Crippen LogP contribution in [0.5, 0.6) is 0 Å². The second-order valence-corrected chi connectivity index (χ2v) is 4.13. The molecule has 1 atom stereocenters. The van der Waals surface area contributed by atoms with Crippen LogP contribution in [0.4, 0.5) is 0 Å². The highest BCUT2D eigenvalue weighted by Gasteiger charge is 2.16. The van der Waals surface area contributed by atoms with Crippen LogP contribution in [0.3, 0.4) is 0 Å². The molecule has 1 unspecified atom stereocenters. The minimum atomic E-state index is -0.196. The van der Waals surface area contributed by atoms with Crippen molar-refractivity contribution in [2.45, 2.75) is 18.9 Å². The molecular formula is C10H13ClN4O. The monoisotopic (exact) mass is 240 g/mol. The molecule has 2 N–H and O–H groups in total. The first-order valence-electron chi connectivity index (χ1n) is 5.25. The van der Waals surface area contributed by atoms with Crippen LogP contribution >= 0.6 is 11.6 Å². The molecule has 16 heavy (non-hydrogen) atoms. The van der Waals surface area contributed by atoms with Gasteiger partial charge in [-0.3, -0.25) is 4.79 Å². The van der Waals surface area contributed by atoms with Crippen LogP contribution in [0, 0.1) is 0 Å². The highest BCUT2D eigenvalue weighted by atomic mass is 35.5. The van der Waals surface area contributed by atoms with E-state index in [0.29, 0.717) is 5.69 Å². The van der Waals surface area contributed by atoms with E-state index in [1.165, 1.54) is 12.4 Å². The van der Waals surface area contributed by atoms with Crippen molar-refractivity contribution >= 4 is 17.5 Å². The molecule has 0 bridgehead atoms. The Balaban J connectivity index is 1.94. The second kappa shape index (κ2) is 5.23. The minimum absolute atomic E-state index is 0.179. The lowest BCUT2D eigenvalue weighted by Crippen LogP contribution is -2.45. The van der Waals surface area contributed by atoms with Crippen molar-refractivity contribution in [1.82, 2.24) is 20.6 Å². The van der Waals surface area contributed by atoms with Crippen molar-refractivity contribution in [3.8, 4) is 0 Å². The molecule has 1 aromatic rings. The zero-order valence-corrected chi connectivity index (χ0v) is 9.50. The average molecular weight is 241 g/mol. The number of carbonyl (C=O) groups is 1. The Morgan fingerprint density at radius 2 is 2.38 bits per heavy atom. The number of hydrogen-bond donors (Lipinski definition) is 2. The molecule has 1 saturated heterocycles. The number of nitrogens with one attached hydrogen (secondary N) is 2. The summed E-state index contributed by atoms with van der Waals surface area (Å²) in [5, 5.41) is 6.42. The number of halogens is 1. The van der Waals surface area contributed by atoms with Gasteiger partial charge in [-0.05, 0) is 19.4 Å². The third kappa shape index (κ3) is 2.90. The fourth-order valence-corrected chi connectivity index (χ4v) is 1.76. The number of piperidine rings is 1. The standard InChI is InChI=1S/C10H13ClN4O/c11-9-6-13-8(5-14-9)10(16)15-7-2-1-3-12-4-7/h5-7,12H,1-4H2,(H,15,16). The number of rotatable bonds is 2. The van der Waals surface area contributed by atoms with Gasteiger partial charge in [0.25, 0.3) is 5.91 Å². The van der Waals surface area contributed by atoms with Gasteiger partial charge in [-0.25, -0.2) is 9.97 Å². The topological polar surface area (TPSA) is 66.9 Å². The molecular weight excluding hydrogens is 228 g/mol. The van der Waals surface area contributed by atoms with Crippen molar-refractivity contribution < 1.29 is 4.79 Å². The Labute approximate surface area is 98.6 Å². The van der Waals surface area contributed by atoms with Gasteiger partial charge >= 0.3 is 0 Å².